The maximum absolute atomic E-state index is 13.8. The first-order valence-electron chi connectivity index (χ1n) is 5.81. The average Bonchev–Trinajstić information content (AvgIpc) is 2.36. The van der Waals surface area contributed by atoms with Gasteiger partial charge in [-0.3, -0.25) is 0 Å². The number of halogens is 3. The first-order valence-corrected chi connectivity index (χ1v) is 5.81. The summed E-state index contributed by atoms with van der Waals surface area (Å²) in [4.78, 5) is 3.48. The van der Waals surface area contributed by atoms with Gasteiger partial charge in [0.05, 0.1) is 17.9 Å². The maximum atomic E-state index is 13.8. The Kier molecular flexibility index (Phi) is 3.74. The summed E-state index contributed by atoms with van der Waals surface area (Å²) in [6, 6.07) is 4.55. The molecular weight excluding hydrogens is 253 g/mol. The Morgan fingerprint density at radius 3 is 2.47 bits per heavy atom. The molecule has 2 rings (SSSR count). The second-order valence-corrected chi connectivity index (χ2v) is 4.36. The maximum Gasteiger partial charge on any atom is 0.212 e. The fourth-order valence-electron chi connectivity index (χ4n) is 1.78. The SMILES string of the molecule is Cc1cc(F)c(C(C)Nc2ccc(F)nc2)cc1F. The minimum absolute atomic E-state index is 0.215. The third-order valence-corrected chi connectivity index (χ3v) is 2.86. The van der Waals surface area contributed by atoms with Crippen LogP contribution in [0.25, 0.3) is 0 Å². The highest BCUT2D eigenvalue weighted by atomic mass is 19.1. The largest absolute Gasteiger partial charge is 0.377 e. The number of pyridine rings is 1. The van der Waals surface area contributed by atoms with Crippen molar-refractivity contribution in [2.75, 3.05) is 5.32 Å². The van der Waals surface area contributed by atoms with E-state index < -0.39 is 23.6 Å². The molecule has 0 aliphatic rings. The molecule has 5 heteroatoms. The number of nitrogens with one attached hydrogen (secondary N) is 1. The molecule has 1 N–H and O–H groups in total. The Balaban J connectivity index is 2.22. The number of aromatic nitrogens is 1. The van der Waals surface area contributed by atoms with Crippen molar-refractivity contribution in [2.45, 2.75) is 19.9 Å². The van der Waals surface area contributed by atoms with E-state index >= 15 is 0 Å². The highest BCUT2D eigenvalue weighted by Gasteiger charge is 2.14. The molecule has 1 atom stereocenters. The molecule has 0 amide bonds. The summed E-state index contributed by atoms with van der Waals surface area (Å²) >= 11 is 0. The van der Waals surface area contributed by atoms with Gasteiger partial charge in [0.2, 0.25) is 5.95 Å². The molecule has 19 heavy (non-hydrogen) atoms. The zero-order chi connectivity index (χ0) is 14.0. The van der Waals surface area contributed by atoms with Crippen molar-refractivity contribution in [3.63, 3.8) is 0 Å². The van der Waals surface area contributed by atoms with Crippen molar-refractivity contribution >= 4 is 5.69 Å². The standard InChI is InChI=1S/C14H13F3N2/c1-8-5-13(16)11(6-12(8)15)9(2)19-10-3-4-14(17)18-7-10/h3-7,9,19H,1-2H3. The smallest absolute Gasteiger partial charge is 0.212 e. The van der Waals surface area contributed by atoms with Gasteiger partial charge in [-0.2, -0.15) is 4.39 Å². The summed E-state index contributed by atoms with van der Waals surface area (Å²) in [7, 11) is 0. The molecular formula is C14H13F3N2. The molecule has 1 aromatic heterocycles. The molecule has 0 bridgehead atoms. The summed E-state index contributed by atoms with van der Waals surface area (Å²) < 4.78 is 39.9. The summed E-state index contributed by atoms with van der Waals surface area (Å²) in [5.74, 6) is -1.53. The van der Waals surface area contributed by atoms with Crippen LogP contribution in [-0.4, -0.2) is 4.98 Å². The van der Waals surface area contributed by atoms with Crippen LogP contribution in [0.1, 0.15) is 24.1 Å². The van der Waals surface area contributed by atoms with E-state index in [-0.39, 0.29) is 11.1 Å². The van der Waals surface area contributed by atoms with E-state index in [4.69, 9.17) is 0 Å². The second-order valence-electron chi connectivity index (χ2n) is 4.36. The van der Waals surface area contributed by atoms with Gasteiger partial charge in [-0.25, -0.2) is 13.8 Å². The molecule has 1 aromatic carbocycles. The van der Waals surface area contributed by atoms with E-state index in [1.54, 1.807) is 6.92 Å². The molecule has 100 valence electrons. The predicted octanol–water partition coefficient (Wildman–Crippen LogP) is 3.98. The number of benzene rings is 1. The minimum atomic E-state index is -0.592. The van der Waals surface area contributed by atoms with Crippen molar-refractivity contribution < 1.29 is 13.2 Å². The molecule has 0 spiro atoms. The van der Waals surface area contributed by atoms with E-state index in [2.05, 4.69) is 10.3 Å². The third-order valence-electron chi connectivity index (χ3n) is 2.86. The number of hydrogen-bond donors (Lipinski definition) is 1. The van der Waals surface area contributed by atoms with Crippen LogP contribution in [-0.2, 0) is 0 Å². The zero-order valence-electron chi connectivity index (χ0n) is 10.5. The normalized spacial score (nSPS) is 12.3. The van der Waals surface area contributed by atoms with Crippen LogP contribution in [0.15, 0.2) is 30.5 Å². The number of anilines is 1. The Morgan fingerprint density at radius 1 is 1.11 bits per heavy atom. The molecule has 0 radical (unpaired) electrons. The molecule has 2 aromatic rings. The summed E-state index contributed by atoms with van der Waals surface area (Å²) in [5, 5.41) is 2.94. The van der Waals surface area contributed by atoms with Crippen molar-refractivity contribution in [1.82, 2.24) is 4.98 Å². The Hall–Kier alpha value is -2.04. The van der Waals surface area contributed by atoms with E-state index in [9.17, 15) is 13.2 Å². The average molecular weight is 266 g/mol. The Labute approximate surface area is 109 Å². The molecule has 0 aliphatic carbocycles. The number of hydrogen-bond acceptors (Lipinski definition) is 2. The third kappa shape index (κ3) is 3.05. The first-order chi connectivity index (χ1) is 8.97. The lowest BCUT2D eigenvalue weighted by Gasteiger charge is -2.16. The van der Waals surface area contributed by atoms with Crippen molar-refractivity contribution in [1.29, 1.82) is 0 Å². The lowest BCUT2D eigenvalue weighted by atomic mass is 10.0. The van der Waals surface area contributed by atoms with Gasteiger partial charge in [-0.1, -0.05) is 0 Å². The van der Waals surface area contributed by atoms with Gasteiger partial charge < -0.3 is 5.32 Å². The van der Waals surface area contributed by atoms with Gasteiger partial charge in [0.25, 0.3) is 0 Å². The topological polar surface area (TPSA) is 24.9 Å². The second kappa shape index (κ2) is 5.30. The highest BCUT2D eigenvalue weighted by molar-refractivity contribution is 5.43. The molecule has 0 saturated heterocycles. The summed E-state index contributed by atoms with van der Waals surface area (Å²) in [6.07, 6.45) is 1.30. The van der Waals surface area contributed by atoms with Crippen LogP contribution < -0.4 is 5.32 Å². The van der Waals surface area contributed by atoms with Crippen LogP contribution in [0.4, 0.5) is 18.9 Å². The van der Waals surface area contributed by atoms with E-state index in [1.807, 2.05) is 0 Å². The monoisotopic (exact) mass is 266 g/mol. The van der Waals surface area contributed by atoms with Gasteiger partial charge >= 0.3 is 0 Å². The van der Waals surface area contributed by atoms with Crippen LogP contribution in [0.2, 0.25) is 0 Å². The number of nitrogens with zero attached hydrogens (tertiary/aromatic N) is 1. The molecule has 1 heterocycles. The first kappa shape index (κ1) is 13.4. The molecule has 1 unspecified atom stereocenters. The van der Waals surface area contributed by atoms with E-state index in [0.717, 1.165) is 6.07 Å². The van der Waals surface area contributed by atoms with Crippen molar-refractivity contribution in [3.8, 4) is 0 Å². The van der Waals surface area contributed by atoms with Gasteiger partial charge in [0.1, 0.15) is 11.6 Å². The molecule has 0 saturated carbocycles. The van der Waals surface area contributed by atoms with Gasteiger partial charge in [-0.15, -0.1) is 0 Å². The van der Waals surface area contributed by atoms with Crippen molar-refractivity contribution in [3.05, 3.63) is 59.2 Å². The van der Waals surface area contributed by atoms with Crippen LogP contribution in [0.3, 0.4) is 0 Å². The lowest BCUT2D eigenvalue weighted by molar-refractivity contribution is 0.570. The Morgan fingerprint density at radius 2 is 1.84 bits per heavy atom. The summed E-state index contributed by atoms with van der Waals surface area (Å²) in [5.41, 5.74) is 1.01. The highest BCUT2D eigenvalue weighted by Crippen LogP contribution is 2.23. The fraction of sp³-hybridized carbons (Fsp3) is 0.214. The summed E-state index contributed by atoms with van der Waals surface area (Å²) in [6.45, 7) is 3.20. The van der Waals surface area contributed by atoms with Crippen LogP contribution in [0.5, 0.6) is 0 Å². The lowest BCUT2D eigenvalue weighted by Crippen LogP contribution is -2.10. The van der Waals surface area contributed by atoms with Gasteiger partial charge in [0, 0.05) is 5.56 Å². The van der Waals surface area contributed by atoms with Gasteiger partial charge in [-0.05, 0) is 43.7 Å². The number of aryl methyl sites for hydroxylation is 1. The predicted molar refractivity (Wildman–Crippen MR) is 67.3 cm³/mol. The molecule has 0 fully saturated rings. The fourth-order valence-corrected chi connectivity index (χ4v) is 1.78. The van der Waals surface area contributed by atoms with E-state index in [1.165, 1.54) is 31.3 Å². The Bertz CT molecular complexity index is 582. The number of rotatable bonds is 3. The van der Waals surface area contributed by atoms with Crippen LogP contribution >= 0.6 is 0 Å². The van der Waals surface area contributed by atoms with E-state index in [0.29, 0.717) is 5.69 Å². The van der Waals surface area contributed by atoms with Gasteiger partial charge in [0.15, 0.2) is 0 Å². The zero-order valence-corrected chi connectivity index (χ0v) is 10.5. The quantitative estimate of drug-likeness (QED) is 0.850. The van der Waals surface area contributed by atoms with Crippen LogP contribution in [0, 0.1) is 24.5 Å². The van der Waals surface area contributed by atoms with Crippen molar-refractivity contribution in [2.24, 2.45) is 0 Å². The molecule has 0 aliphatic heterocycles. The minimum Gasteiger partial charge on any atom is -0.377 e. The molecule has 2 nitrogen and oxygen atoms in total.